The second-order valence-corrected chi connectivity index (χ2v) is 12.7. The molecule has 3 fully saturated rings. The summed E-state index contributed by atoms with van der Waals surface area (Å²) >= 11 is 0. The topological polar surface area (TPSA) is 141 Å². The van der Waals surface area contributed by atoms with Crippen LogP contribution in [0.4, 0.5) is 0 Å². The minimum atomic E-state index is -0.831. The molecule has 1 aromatic heterocycles. The van der Waals surface area contributed by atoms with Crippen molar-refractivity contribution in [1.29, 1.82) is 0 Å². The summed E-state index contributed by atoms with van der Waals surface area (Å²) in [5.74, 6) is -0.470. The van der Waals surface area contributed by atoms with E-state index in [1.807, 2.05) is 18.2 Å². The van der Waals surface area contributed by atoms with Crippen molar-refractivity contribution in [1.82, 2.24) is 26.3 Å². The molecule has 10 nitrogen and oxygen atoms in total. The molecule has 2 saturated carbocycles. The lowest BCUT2D eigenvalue weighted by molar-refractivity contribution is -0.129. The van der Waals surface area contributed by atoms with Crippen LogP contribution in [0.2, 0.25) is 0 Å². The fraction of sp³-hybridized carbons (Fsp3) is 0.576. The smallest absolute Gasteiger partial charge is 0.268 e. The van der Waals surface area contributed by atoms with E-state index in [1.54, 1.807) is 13.2 Å². The molecule has 4 aliphatic rings. The Hall–Kier alpha value is -3.82. The van der Waals surface area contributed by atoms with E-state index in [4.69, 9.17) is 4.74 Å². The first-order valence-electron chi connectivity index (χ1n) is 16.0. The number of fused-ring (bicyclic) bond motifs is 2. The zero-order valence-electron chi connectivity index (χ0n) is 24.9. The van der Waals surface area contributed by atoms with Crippen molar-refractivity contribution < 1.29 is 23.9 Å². The number of hydrogen-bond donors (Lipinski definition) is 5. The highest BCUT2D eigenvalue weighted by Gasteiger charge is 2.44. The van der Waals surface area contributed by atoms with Crippen molar-refractivity contribution in [2.45, 2.75) is 95.2 Å². The van der Waals surface area contributed by atoms with Crippen molar-refractivity contribution in [2.24, 2.45) is 11.8 Å². The predicted molar refractivity (Wildman–Crippen MR) is 162 cm³/mol. The van der Waals surface area contributed by atoms with Crippen molar-refractivity contribution in [2.75, 3.05) is 13.7 Å². The van der Waals surface area contributed by atoms with Gasteiger partial charge in [-0.2, -0.15) is 0 Å². The number of carbonyl (C=O) groups is 4. The van der Waals surface area contributed by atoms with Crippen LogP contribution in [0.15, 0.2) is 35.5 Å². The molecule has 2 aromatic rings. The van der Waals surface area contributed by atoms with Crippen molar-refractivity contribution in [3.8, 4) is 5.75 Å². The largest absolute Gasteiger partial charge is 0.497 e. The summed E-state index contributed by atoms with van der Waals surface area (Å²) in [6.45, 7) is 0.363. The van der Waals surface area contributed by atoms with Gasteiger partial charge < -0.3 is 31.0 Å². The van der Waals surface area contributed by atoms with Crippen LogP contribution in [0.5, 0.6) is 5.75 Å². The van der Waals surface area contributed by atoms with Crippen LogP contribution in [0.1, 0.15) is 87.5 Å². The normalized spacial score (nSPS) is 23.9. The molecule has 0 spiro atoms. The van der Waals surface area contributed by atoms with Crippen LogP contribution < -0.4 is 26.0 Å². The molecule has 0 unspecified atom stereocenters. The molecule has 10 heteroatoms. The lowest BCUT2D eigenvalue weighted by Crippen LogP contribution is -2.55. The number of carbonyl (C=O) groups excluding carboxylic acids is 4. The predicted octanol–water partition coefficient (Wildman–Crippen LogP) is 3.63. The van der Waals surface area contributed by atoms with E-state index in [2.05, 4.69) is 26.3 Å². The molecule has 3 amide bonds. The number of rotatable bonds is 9. The molecule has 6 rings (SSSR count). The Morgan fingerprint density at radius 3 is 2.49 bits per heavy atom. The van der Waals surface area contributed by atoms with Crippen LogP contribution >= 0.6 is 0 Å². The quantitative estimate of drug-likeness (QED) is 0.303. The molecule has 3 atom stereocenters. The van der Waals surface area contributed by atoms with Gasteiger partial charge in [-0.15, -0.1) is 0 Å². The van der Waals surface area contributed by atoms with Crippen molar-refractivity contribution >= 4 is 34.4 Å². The van der Waals surface area contributed by atoms with Gasteiger partial charge in [-0.25, -0.2) is 0 Å². The van der Waals surface area contributed by atoms with Gasteiger partial charge in [0.25, 0.3) is 5.91 Å². The summed E-state index contributed by atoms with van der Waals surface area (Å²) < 4.78 is 5.31. The van der Waals surface area contributed by atoms with Gasteiger partial charge in [-0.05, 0) is 61.4 Å². The summed E-state index contributed by atoms with van der Waals surface area (Å²) in [7, 11) is 1.59. The number of hydrogen-bond acceptors (Lipinski definition) is 6. The summed E-state index contributed by atoms with van der Waals surface area (Å²) in [6, 6.07) is 5.84. The number of methoxy groups -OCH3 is 1. The Labute approximate surface area is 252 Å². The zero-order chi connectivity index (χ0) is 29.9. The second kappa shape index (κ2) is 12.8. The number of amides is 3. The minimum Gasteiger partial charge on any atom is -0.497 e. The van der Waals surface area contributed by atoms with Crippen LogP contribution in [-0.2, 0) is 14.4 Å². The summed E-state index contributed by atoms with van der Waals surface area (Å²) in [6.07, 6.45) is 11.6. The van der Waals surface area contributed by atoms with E-state index in [0.29, 0.717) is 36.0 Å². The lowest BCUT2D eigenvalue weighted by atomic mass is 9.82. The molecule has 0 bridgehead atoms. The summed E-state index contributed by atoms with van der Waals surface area (Å²) in [5.41, 5.74) is 2.46. The zero-order valence-corrected chi connectivity index (χ0v) is 24.9. The van der Waals surface area contributed by atoms with Crippen LogP contribution in [0.25, 0.3) is 10.9 Å². The highest BCUT2D eigenvalue weighted by atomic mass is 16.5. The van der Waals surface area contributed by atoms with Crippen molar-refractivity contribution in [3.05, 3.63) is 41.2 Å². The molecule has 1 aliphatic heterocycles. The number of ether oxygens (including phenoxy) is 1. The lowest BCUT2D eigenvalue weighted by Gasteiger charge is -2.33. The standard InChI is InChI=1S/C33H43N5O5/c1-43-22-12-13-25-20(15-22)16-28(36-25)33(42)38-27(14-19-8-4-2-5-9-19)32(41)37-26-17-23-24(18-34-31(23)40)29(30(26)39)35-21-10-6-3-7-11-21/h12-13,15-16,19,21,23,26-27,35-36H,2-11,14,17-18H2,1H3,(H,34,40)(H,37,41)(H,38,42)/t23-,26+,27+/m1/s1. The molecule has 43 heavy (non-hydrogen) atoms. The first-order chi connectivity index (χ1) is 20.9. The fourth-order valence-corrected chi connectivity index (χ4v) is 7.37. The average Bonchev–Trinajstić information content (AvgIpc) is 3.62. The van der Waals surface area contributed by atoms with Gasteiger partial charge in [0.2, 0.25) is 17.6 Å². The van der Waals surface area contributed by atoms with Gasteiger partial charge in [0, 0.05) is 23.5 Å². The van der Waals surface area contributed by atoms with Gasteiger partial charge in [-0.3, -0.25) is 19.2 Å². The summed E-state index contributed by atoms with van der Waals surface area (Å²) in [4.78, 5) is 57.0. The number of aromatic amines is 1. The molecule has 0 radical (unpaired) electrons. The molecule has 3 aliphatic carbocycles. The first kappa shape index (κ1) is 29.3. The number of ketones is 1. The van der Waals surface area contributed by atoms with Gasteiger partial charge in [0.15, 0.2) is 0 Å². The molecule has 1 saturated heterocycles. The maximum absolute atomic E-state index is 13.9. The maximum Gasteiger partial charge on any atom is 0.268 e. The highest BCUT2D eigenvalue weighted by molar-refractivity contribution is 6.06. The minimum absolute atomic E-state index is 0.104. The molecule has 1 aromatic carbocycles. The van der Waals surface area contributed by atoms with E-state index in [-0.39, 0.29) is 36.0 Å². The highest BCUT2D eigenvalue weighted by Crippen LogP contribution is 2.33. The number of Topliss-reactive ketones (excluding diaryl/α,β-unsaturated/α-hetero) is 1. The molecule has 5 N–H and O–H groups in total. The average molecular weight is 590 g/mol. The third kappa shape index (κ3) is 6.43. The SMILES string of the molecule is COc1ccc2[nH]c(C(=O)N[C@@H](CC3CCCCC3)C(=O)N[C@H]3C[C@H]4C(=O)NCC4=C(NC4CCCCC4)C3=O)cc2c1. The fourth-order valence-electron chi connectivity index (χ4n) is 7.37. The van der Waals surface area contributed by atoms with E-state index >= 15 is 0 Å². The third-order valence-electron chi connectivity index (χ3n) is 9.80. The Morgan fingerprint density at radius 1 is 1.00 bits per heavy atom. The molecular weight excluding hydrogens is 546 g/mol. The monoisotopic (exact) mass is 589 g/mol. The number of nitrogens with one attached hydrogen (secondary N) is 5. The van der Waals surface area contributed by atoms with Gasteiger partial charge in [-0.1, -0.05) is 51.4 Å². The van der Waals surface area contributed by atoms with Gasteiger partial charge in [0.1, 0.15) is 17.5 Å². The maximum atomic E-state index is 13.9. The Kier molecular flexibility index (Phi) is 8.72. The number of H-pyrrole nitrogens is 1. The van der Waals surface area contributed by atoms with Gasteiger partial charge in [0.05, 0.1) is 24.8 Å². The Bertz CT molecular complexity index is 1420. The Balaban J connectivity index is 1.20. The summed E-state index contributed by atoms with van der Waals surface area (Å²) in [5, 5.41) is 13.2. The number of benzene rings is 1. The van der Waals surface area contributed by atoms with E-state index in [0.717, 1.165) is 67.8 Å². The van der Waals surface area contributed by atoms with Crippen LogP contribution in [0.3, 0.4) is 0 Å². The second-order valence-electron chi connectivity index (χ2n) is 12.7. The van der Waals surface area contributed by atoms with Crippen molar-refractivity contribution in [3.63, 3.8) is 0 Å². The van der Waals surface area contributed by atoms with E-state index in [9.17, 15) is 19.2 Å². The van der Waals surface area contributed by atoms with Gasteiger partial charge >= 0.3 is 0 Å². The molecule has 2 heterocycles. The molecular formula is C33H43N5O5. The molecule has 230 valence electrons. The van der Waals surface area contributed by atoms with Crippen LogP contribution in [-0.4, -0.2) is 60.3 Å². The van der Waals surface area contributed by atoms with Crippen LogP contribution in [0, 0.1) is 11.8 Å². The number of aromatic nitrogens is 1. The van der Waals surface area contributed by atoms with E-state index < -0.39 is 18.0 Å². The first-order valence-corrected chi connectivity index (χ1v) is 16.0. The third-order valence-corrected chi connectivity index (χ3v) is 9.80. The van der Waals surface area contributed by atoms with E-state index in [1.165, 1.54) is 12.8 Å². The Morgan fingerprint density at radius 2 is 1.74 bits per heavy atom.